The predicted octanol–water partition coefficient (Wildman–Crippen LogP) is 16.4. The lowest BCUT2D eigenvalue weighted by atomic mass is 9.40. The molecule has 35 rings (SSSR count). The highest BCUT2D eigenvalue weighted by Crippen LogP contribution is 2.86. The van der Waals surface area contributed by atoms with Gasteiger partial charge in [-0.15, -0.1) is 0 Å². The summed E-state index contributed by atoms with van der Waals surface area (Å²) in [6.07, 6.45) is 4.44. The molecule has 2 nitrogen and oxygen atoms in total. The summed E-state index contributed by atoms with van der Waals surface area (Å²) in [7, 11) is 0. The molecule has 2 atom stereocenters. The van der Waals surface area contributed by atoms with E-state index in [2.05, 4.69) is 12.2 Å². The number of carbonyl (C=O) groups excluding carboxylic acids is 1. The third kappa shape index (κ3) is 1.18. The number of hydrogen-bond donors (Lipinski definition) is 0. The van der Waals surface area contributed by atoms with Crippen LogP contribution in [-0.4, -0.2) is 12.1 Å². The molecule has 28 aromatic carbocycles. The van der Waals surface area contributed by atoms with Gasteiger partial charge in [-0.1, -0.05) is 6.08 Å². The zero-order valence-corrected chi connectivity index (χ0v) is 33.6. The van der Waals surface area contributed by atoms with Crippen molar-refractivity contribution in [3.8, 4) is 0 Å². The average Bonchev–Trinajstić information content (AvgIpc) is 4.23. The lowest BCUT2D eigenvalue weighted by molar-refractivity contribution is -0.168. The Bertz CT molecular complexity index is 7040. The molecular formula is C65H4O2. The molecule has 2 aliphatic heterocycles. The van der Waals surface area contributed by atoms with Crippen molar-refractivity contribution >= 4 is 297 Å². The number of hydrogen-bond acceptors (Lipinski definition) is 2. The Labute approximate surface area is 361 Å². The molecule has 2 spiro atoms. The summed E-state index contributed by atoms with van der Waals surface area (Å²) in [5, 5.41) is 86.1. The number of rotatable bonds is 0. The quantitative estimate of drug-likeness (QED) is 0.0866. The van der Waals surface area contributed by atoms with E-state index in [0.717, 1.165) is 0 Å². The first kappa shape index (κ1) is 23.7. The largest absolute Gasteiger partial charge is 0.456 e. The third-order valence-corrected chi connectivity index (χ3v) is 25.3. The fourth-order valence-corrected chi connectivity index (χ4v) is 25.5. The van der Waals surface area contributed by atoms with E-state index >= 15 is 4.79 Å². The van der Waals surface area contributed by atoms with Gasteiger partial charge in [0.25, 0.3) is 0 Å². The number of carbonyl (C=O) groups is 1. The number of benzene rings is 18. The van der Waals surface area contributed by atoms with Crippen molar-refractivity contribution in [3.05, 3.63) is 34.4 Å². The molecule has 5 aliphatic carbocycles. The molecule has 0 N–H and O–H groups in total. The van der Waals surface area contributed by atoms with Gasteiger partial charge in [-0.25, -0.2) is 0 Å². The van der Waals surface area contributed by atoms with Crippen LogP contribution in [0.3, 0.4) is 0 Å². The molecule has 0 aromatic heterocycles. The first-order valence-corrected chi connectivity index (χ1v) is 25.0. The minimum atomic E-state index is -0.590. The van der Waals surface area contributed by atoms with E-state index in [-0.39, 0.29) is 12.1 Å². The summed E-state index contributed by atoms with van der Waals surface area (Å²) in [6, 6.07) is 0. The maximum atomic E-state index is 15.5. The van der Waals surface area contributed by atoms with Gasteiger partial charge in [0.2, 0.25) is 0 Å². The predicted molar refractivity (Wildman–Crippen MR) is 276 cm³/mol. The van der Waals surface area contributed by atoms with Gasteiger partial charge in [0.1, 0.15) is 6.10 Å². The monoisotopic (exact) mass is 816 g/mol. The van der Waals surface area contributed by atoms with E-state index < -0.39 is 16.7 Å². The standard InChI is InChI=1S/C65H4O2/c66-63-3-1-2-4(67-63)65-61-55-49-39-31-21-13-9-6-5-7-11(13)19-27(21)41(49)47-37-29(19)23-15(7)16-8(5)12-14-10(6)18-17(9)25(31)35-36-26(18)32-22(14)28-20(12)30-24(16)34-33(23)43(37)51-52-44(34)38(30)48-42(28)50-40(32)46(36)58(57(61)45(35)39)62(65)56(50)54(48)60(52)64(3,65)59(51)53(47)55/h1-4H/t3-,4-,64?,65?/m1/s1. The van der Waals surface area contributed by atoms with E-state index in [1.54, 1.807) is 313 Å². The molecule has 1 saturated heterocycles. The molecule has 2 heterocycles. The van der Waals surface area contributed by atoms with E-state index in [0.29, 0.717) is 0 Å². The van der Waals surface area contributed by atoms with Gasteiger partial charge in [-0.05, 0) is 319 Å². The van der Waals surface area contributed by atoms with Gasteiger partial charge in [-0.2, -0.15) is 0 Å². The highest BCUT2D eigenvalue weighted by Gasteiger charge is 2.78. The normalized spacial score (nSPS) is 25.8. The minimum Gasteiger partial charge on any atom is -0.456 e. The Morgan fingerprint density at radius 3 is 0.567 bits per heavy atom. The fraction of sp³-hybridized carbons (Fsp3) is 0.0615. The van der Waals surface area contributed by atoms with Crippen LogP contribution in [-0.2, 0) is 20.4 Å². The lowest BCUT2D eigenvalue weighted by Gasteiger charge is -2.62. The Morgan fingerprint density at radius 2 is 0.388 bits per heavy atom. The van der Waals surface area contributed by atoms with Crippen LogP contribution < -0.4 is 0 Å². The first-order valence-electron chi connectivity index (χ1n) is 25.0. The Morgan fingerprint density at radius 1 is 0.224 bits per heavy atom. The van der Waals surface area contributed by atoms with Gasteiger partial charge in [0, 0.05) is 0 Å². The number of fused-ring (bicyclic) bond motifs is 1. The molecule has 1 fully saturated rings. The van der Waals surface area contributed by atoms with Gasteiger partial charge in [0.15, 0.2) is 0 Å². The molecule has 276 valence electrons. The van der Waals surface area contributed by atoms with Crippen molar-refractivity contribution in [3.63, 3.8) is 0 Å². The van der Waals surface area contributed by atoms with E-state index in [9.17, 15) is 0 Å². The van der Waals surface area contributed by atoms with Crippen molar-refractivity contribution in [1.82, 2.24) is 0 Å². The topological polar surface area (TPSA) is 26.3 Å². The zero-order chi connectivity index (χ0) is 39.3. The van der Waals surface area contributed by atoms with Gasteiger partial charge in [0.05, 0.1) is 16.7 Å². The lowest BCUT2D eigenvalue weighted by Crippen LogP contribution is -2.69. The van der Waals surface area contributed by atoms with E-state index in [1.165, 1.54) is 0 Å². The second kappa shape index (κ2) is 5.15. The van der Waals surface area contributed by atoms with Gasteiger partial charge < -0.3 is 4.74 Å². The molecular weight excluding hydrogens is 813 g/mol. The summed E-state index contributed by atoms with van der Waals surface area (Å²) < 4.78 is 7.17. The third-order valence-electron chi connectivity index (χ3n) is 25.3. The molecule has 0 amide bonds. The maximum absolute atomic E-state index is 15.5. The maximum Gasteiger partial charge on any atom is 0.314 e. The van der Waals surface area contributed by atoms with Crippen LogP contribution in [0.25, 0.3) is 291 Å². The number of ether oxygens (including phenoxy) is 1. The van der Waals surface area contributed by atoms with Gasteiger partial charge >= 0.3 is 5.97 Å². The molecule has 2 heteroatoms. The zero-order valence-electron chi connectivity index (χ0n) is 33.6. The summed E-state index contributed by atoms with van der Waals surface area (Å²) >= 11 is 0. The number of esters is 1. The van der Waals surface area contributed by atoms with Crippen molar-refractivity contribution in [2.24, 2.45) is 5.92 Å². The molecule has 0 unspecified atom stereocenters. The molecule has 28 aromatic rings. The van der Waals surface area contributed by atoms with Crippen molar-refractivity contribution in [1.29, 1.82) is 0 Å². The summed E-state index contributed by atoms with van der Waals surface area (Å²) in [5.41, 5.74) is 5.12. The summed E-state index contributed by atoms with van der Waals surface area (Å²) in [4.78, 5) is 15.5. The van der Waals surface area contributed by atoms with Crippen molar-refractivity contribution < 1.29 is 9.53 Å². The molecule has 67 heavy (non-hydrogen) atoms. The van der Waals surface area contributed by atoms with E-state index in [4.69, 9.17) is 4.74 Å². The van der Waals surface area contributed by atoms with E-state index in [1.807, 2.05) is 0 Å². The van der Waals surface area contributed by atoms with Crippen LogP contribution in [0.2, 0.25) is 0 Å². The van der Waals surface area contributed by atoms with Gasteiger partial charge in [-0.3, -0.25) is 4.79 Å². The Hall–Kier alpha value is -8.33. The smallest absolute Gasteiger partial charge is 0.314 e. The molecule has 0 radical (unpaired) electrons. The summed E-state index contributed by atoms with van der Waals surface area (Å²) in [5.74, 6) is -0.385. The molecule has 2 bridgehead atoms. The Balaban J connectivity index is 1.25. The second-order valence-corrected chi connectivity index (χ2v) is 25.1. The minimum absolute atomic E-state index is 0.00984. The first-order chi connectivity index (χ1) is 33.4. The van der Waals surface area contributed by atoms with Crippen LogP contribution in [0.1, 0.15) is 22.3 Å². The van der Waals surface area contributed by atoms with Crippen LogP contribution >= 0.6 is 0 Å². The van der Waals surface area contributed by atoms with Crippen molar-refractivity contribution in [2.45, 2.75) is 16.9 Å². The summed E-state index contributed by atoms with van der Waals surface area (Å²) in [6.45, 7) is 0. The van der Waals surface area contributed by atoms with Crippen LogP contribution in [0.15, 0.2) is 12.2 Å². The molecule has 0 saturated carbocycles. The fourth-order valence-electron chi connectivity index (χ4n) is 25.5. The average molecular weight is 817 g/mol. The highest BCUT2D eigenvalue weighted by atomic mass is 16.5. The van der Waals surface area contributed by atoms with Crippen LogP contribution in [0.4, 0.5) is 0 Å². The molecule has 7 aliphatic rings. The van der Waals surface area contributed by atoms with Crippen LogP contribution in [0, 0.1) is 5.92 Å². The van der Waals surface area contributed by atoms with Crippen LogP contribution in [0.5, 0.6) is 0 Å². The van der Waals surface area contributed by atoms with Crippen molar-refractivity contribution in [2.75, 3.05) is 0 Å². The highest BCUT2D eigenvalue weighted by molar-refractivity contribution is 6.82. The Kier molecular flexibility index (Phi) is 1.82. The SMILES string of the molecule is O=C1O[C@@H]2C=C[C@H]1C13c4c5c6c7c8c9c(c%10c%11c1c1c4c4c%12c5c5c6c6c8c8c%13c9c9c%10c%10c%11c%11c1c1c4c4c%12c%12c5c5c6c8c6c8c%13c9c9c%10c%10c%11c1c1c4c4c%12c5c6c5c8c9c%10c1c45)C723. The second-order valence-electron chi connectivity index (χ2n) is 25.1.